The molecule has 7 nitrogen and oxygen atoms in total. The second-order valence-electron chi connectivity index (χ2n) is 5.60. The molecule has 2 aliphatic heterocycles. The summed E-state index contributed by atoms with van der Waals surface area (Å²) in [6, 6.07) is 0. The molecule has 0 aliphatic carbocycles. The zero-order valence-corrected chi connectivity index (χ0v) is 12.8. The molecule has 0 aromatic rings. The van der Waals surface area contributed by atoms with E-state index in [1.807, 2.05) is 0 Å². The highest BCUT2D eigenvalue weighted by Crippen LogP contribution is 2.27. The molecule has 2 fully saturated rings. The number of nitrogens with zero attached hydrogens (tertiary/aromatic N) is 2. The molecule has 0 aromatic carbocycles. The van der Waals surface area contributed by atoms with Crippen LogP contribution in [0.5, 0.6) is 0 Å². The molecular weight excluding hydrogens is 280 g/mol. The highest BCUT2D eigenvalue weighted by Gasteiger charge is 2.43. The normalized spacial score (nSPS) is 28.8. The third kappa shape index (κ3) is 3.13. The Morgan fingerprint density at radius 1 is 1.30 bits per heavy atom. The van der Waals surface area contributed by atoms with Gasteiger partial charge in [0.05, 0.1) is 5.54 Å². The van der Waals surface area contributed by atoms with Crippen LogP contribution < -0.4 is 10.5 Å². The molecule has 1 atom stereocenters. The Kier molecular flexibility index (Phi) is 4.68. The quantitative estimate of drug-likeness (QED) is 0.715. The average Bonchev–Trinajstić information content (AvgIpc) is 2.87. The summed E-state index contributed by atoms with van der Waals surface area (Å²) >= 11 is 0. The standard InChI is InChI=1S/C12H24N4O3S/c1-2-4-12(5-3-6-14-12)11(17)15-7-9-16(10-8-15)20(13,18)19/h14H,2-10H2,1H3,(H2,13,18,19). The minimum atomic E-state index is -3.64. The van der Waals surface area contributed by atoms with Crippen LogP contribution in [0.2, 0.25) is 0 Å². The second kappa shape index (κ2) is 5.97. The lowest BCUT2D eigenvalue weighted by Gasteiger charge is -2.39. The molecule has 2 heterocycles. The van der Waals surface area contributed by atoms with Gasteiger partial charge in [-0.2, -0.15) is 12.7 Å². The summed E-state index contributed by atoms with van der Waals surface area (Å²) in [5, 5.41) is 8.47. The van der Waals surface area contributed by atoms with E-state index in [1.54, 1.807) is 4.90 Å². The lowest BCUT2D eigenvalue weighted by atomic mass is 9.90. The van der Waals surface area contributed by atoms with Crippen molar-refractivity contribution in [1.82, 2.24) is 14.5 Å². The number of amides is 1. The lowest BCUT2D eigenvalue weighted by molar-refractivity contribution is -0.139. The molecule has 2 aliphatic rings. The maximum Gasteiger partial charge on any atom is 0.277 e. The fourth-order valence-corrected chi connectivity index (χ4v) is 3.86. The van der Waals surface area contributed by atoms with Crippen LogP contribution in [0, 0.1) is 0 Å². The number of rotatable bonds is 4. The zero-order chi connectivity index (χ0) is 14.8. The lowest BCUT2D eigenvalue weighted by Crippen LogP contribution is -2.60. The second-order valence-corrected chi connectivity index (χ2v) is 7.14. The highest BCUT2D eigenvalue weighted by molar-refractivity contribution is 7.86. The summed E-state index contributed by atoms with van der Waals surface area (Å²) in [7, 11) is -3.64. The first-order chi connectivity index (χ1) is 9.39. The Labute approximate surface area is 120 Å². The van der Waals surface area contributed by atoms with E-state index in [0.717, 1.165) is 32.2 Å². The van der Waals surface area contributed by atoms with Gasteiger partial charge in [0.2, 0.25) is 5.91 Å². The van der Waals surface area contributed by atoms with Gasteiger partial charge < -0.3 is 10.2 Å². The van der Waals surface area contributed by atoms with Crippen LogP contribution in [-0.4, -0.2) is 61.8 Å². The van der Waals surface area contributed by atoms with E-state index < -0.39 is 15.7 Å². The number of piperazine rings is 1. The van der Waals surface area contributed by atoms with Gasteiger partial charge >= 0.3 is 0 Å². The summed E-state index contributed by atoms with van der Waals surface area (Å²) in [6.45, 7) is 4.36. The van der Waals surface area contributed by atoms with Crippen LogP contribution in [-0.2, 0) is 15.0 Å². The van der Waals surface area contributed by atoms with Crippen molar-refractivity contribution in [2.75, 3.05) is 32.7 Å². The van der Waals surface area contributed by atoms with Gasteiger partial charge in [0.1, 0.15) is 0 Å². The molecule has 0 bridgehead atoms. The van der Waals surface area contributed by atoms with Gasteiger partial charge in [-0.25, -0.2) is 5.14 Å². The summed E-state index contributed by atoms with van der Waals surface area (Å²) in [5.41, 5.74) is -0.432. The minimum absolute atomic E-state index is 0.117. The van der Waals surface area contributed by atoms with Gasteiger partial charge in [-0.05, 0) is 25.8 Å². The molecule has 8 heteroatoms. The van der Waals surface area contributed by atoms with E-state index in [2.05, 4.69) is 12.2 Å². The third-order valence-electron chi connectivity index (χ3n) is 4.22. The molecule has 20 heavy (non-hydrogen) atoms. The van der Waals surface area contributed by atoms with E-state index in [0.29, 0.717) is 13.1 Å². The maximum absolute atomic E-state index is 12.7. The largest absolute Gasteiger partial charge is 0.338 e. The molecule has 1 unspecified atom stereocenters. The molecule has 0 saturated carbocycles. The van der Waals surface area contributed by atoms with Crippen molar-refractivity contribution in [3.05, 3.63) is 0 Å². The number of hydrogen-bond donors (Lipinski definition) is 2. The van der Waals surface area contributed by atoms with Crippen molar-refractivity contribution in [2.45, 2.75) is 38.1 Å². The number of nitrogens with one attached hydrogen (secondary N) is 1. The summed E-state index contributed by atoms with van der Waals surface area (Å²) in [4.78, 5) is 14.5. The SMILES string of the molecule is CCCC1(C(=O)N2CCN(S(N)(=O)=O)CC2)CCCN1. The molecule has 3 N–H and O–H groups in total. The first kappa shape index (κ1) is 15.7. The van der Waals surface area contributed by atoms with Crippen molar-refractivity contribution in [2.24, 2.45) is 5.14 Å². The molecule has 2 saturated heterocycles. The van der Waals surface area contributed by atoms with Gasteiger partial charge in [-0.1, -0.05) is 13.3 Å². The van der Waals surface area contributed by atoms with Crippen LogP contribution in [0.1, 0.15) is 32.6 Å². The topological polar surface area (TPSA) is 95.7 Å². The average molecular weight is 304 g/mol. The van der Waals surface area contributed by atoms with Crippen molar-refractivity contribution >= 4 is 16.1 Å². The van der Waals surface area contributed by atoms with Crippen LogP contribution in [0.15, 0.2) is 0 Å². The summed E-state index contributed by atoms with van der Waals surface area (Å²) < 4.78 is 23.8. The Balaban J connectivity index is 2.00. The molecule has 0 radical (unpaired) electrons. The van der Waals surface area contributed by atoms with Crippen LogP contribution in [0.3, 0.4) is 0 Å². The minimum Gasteiger partial charge on any atom is -0.338 e. The van der Waals surface area contributed by atoms with Gasteiger partial charge in [-0.3, -0.25) is 4.79 Å². The van der Waals surface area contributed by atoms with E-state index in [1.165, 1.54) is 4.31 Å². The van der Waals surface area contributed by atoms with Crippen molar-refractivity contribution in [1.29, 1.82) is 0 Å². The molecule has 2 rings (SSSR count). The highest BCUT2D eigenvalue weighted by atomic mass is 32.2. The van der Waals surface area contributed by atoms with Crippen molar-refractivity contribution in [3.8, 4) is 0 Å². The maximum atomic E-state index is 12.7. The fraction of sp³-hybridized carbons (Fsp3) is 0.917. The van der Waals surface area contributed by atoms with E-state index in [4.69, 9.17) is 5.14 Å². The first-order valence-electron chi connectivity index (χ1n) is 7.21. The Morgan fingerprint density at radius 3 is 2.40 bits per heavy atom. The van der Waals surface area contributed by atoms with E-state index in [9.17, 15) is 13.2 Å². The number of nitrogens with two attached hydrogens (primary N) is 1. The van der Waals surface area contributed by atoms with Crippen LogP contribution >= 0.6 is 0 Å². The van der Waals surface area contributed by atoms with Crippen molar-refractivity contribution < 1.29 is 13.2 Å². The monoisotopic (exact) mass is 304 g/mol. The smallest absolute Gasteiger partial charge is 0.277 e. The Morgan fingerprint density at radius 2 is 1.95 bits per heavy atom. The van der Waals surface area contributed by atoms with Crippen LogP contribution in [0.4, 0.5) is 0 Å². The Bertz CT molecular complexity index is 451. The molecule has 116 valence electrons. The number of hydrogen-bond acceptors (Lipinski definition) is 4. The third-order valence-corrected chi connectivity index (χ3v) is 5.30. The summed E-state index contributed by atoms with van der Waals surface area (Å²) in [6.07, 6.45) is 3.68. The predicted octanol–water partition coefficient (Wildman–Crippen LogP) is -0.744. The van der Waals surface area contributed by atoms with Gasteiger partial charge in [0.15, 0.2) is 0 Å². The van der Waals surface area contributed by atoms with Gasteiger partial charge in [0, 0.05) is 26.2 Å². The predicted molar refractivity (Wildman–Crippen MR) is 76.1 cm³/mol. The van der Waals surface area contributed by atoms with Crippen molar-refractivity contribution in [3.63, 3.8) is 0 Å². The number of carbonyl (C=O) groups is 1. The van der Waals surface area contributed by atoms with Gasteiger partial charge in [0.25, 0.3) is 10.2 Å². The first-order valence-corrected chi connectivity index (χ1v) is 8.72. The number of carbonyl (C=O) groups excluding carboxylic acids is 1. The van der Waals surface area contributed by atoms with Gasteiger partial charge in [-0.15, -0.1) is 0 Å². The molecule has 1 amide bonds. The fourth-order valence-electron chi connectivity index (χ4n) is 3.18. The van der Waals surface area contributed by atoms with E-state index >= 15 is 0 Å². The zero-order valence-electron chi connectivity index (χ0n) is 12.0. The van der Waals surface area contributed by atoms with Crippen LogP contribution in [0.25, 0.3) is 0 Å². The molecule has 0 aromatic heterocycles. The Hall–Kier alpha value is -0.700. The molecule has 0 spiro atoms. The molecular formula is C12H24N4O3S. The van der Waals surface area contributed by atoms with E-state index in [-0.39, 0.29) is 19.0 Å². The summed E-state index contributed by atoms with van der Waals surface area (Å²) in [5.74, 6) is 0.117.